The van der Waals surface area contributed by atoms with E-state index in [1.54, 1.807) is 19.2 Å². The first-order valence-electron chi connectivity index (χ1n) is 11.4. The summed E-state index contributed by atoms with van der Waals surface area (Å²) in [5.74, 6) is 1.48. The Kier molecular flexibility index (Phi) is 5.67. The van der Waals surface area contributed by atoms with Gasteiger partial charge in [-0.15, -0.1) is 4.98 Å². The number of piperidine rings is 1. The zero-order valence-corrected chi connectivity index (χ0v) is 19.2. The molecule has 4 aromatic rings. The van der Waals surface area contributed by atoms with E-state index in [-0.39, 0.29) is 23.9 Å². The molecule has 0 amide bonds. The summed E-state index contributed by atoms with van der Waals surface area (Å²) in [6.45, 7) is 11.6. The van der Waals surface area contributed by atoms with Crippen LogP contribution < -0.4 is 20.9 Å². The molecular formula is C25H26N6O3. The van der Waals surface area contributed by atoms with Crippen LogP contribution >= 0.6 is 0 Å². The van der Waals surface area contributed by atoms with Crippen molar-refractivity contribution >= 4 is 33.6 Å². The second kappa shape index (κ2) is 8.80. The zero-order chi connectivity index (χ0) is 23.8. The van der Waals surface area contributed by atoms with E-state index in [0.717, 1.165) is 54.2 Å². The Labute approximate surface area is 196 Å². The Morgan fingerprint density at radius 3 is 2.76 bits per heavy atom. The van der Waals surface area contributed by atoms with E-state index >= 15 is 0 Å². The number of hydrogen-bond donors (Lipinski definition) is 1. The van der Waals surface area contributed by atoms with Crippen LogP contribution in [0, 0.1) is 13.5 Å². The van der Waals surface area contributed by atoms with Crippen LogP contribution in [-0.4, -0.2) is 40.8 Å². The van der Waals surface area contributed by atoms with Crippen LogP contribution in [0.25, 0.3) is 27.0 Å². The van der Waals surface area contributed by atoms with E-state index in [0.29, 0.717) is 23.3 Å². The standard InChI is InChI=1S/C25H26N6O3/c1-15-4-5-20-17(12-15)28-25(34-20)16-6-9-31(10-7-16)19-14-22(32)30(3)18-13-21(33-11-8-26)24(27-2)29-23(18)19/h4-5,12-14,16H,6-11,26H2,1,3H3. The molecule has 0 radical (unpaired) electrons. The maximum atomic E-state index is 12.8. The third-order valence-corrected chi connectivity index (χ3v) is 6.37. The molecule has 3 aromatic heterocycles. The van der Waals surface area contributed by atoms with Gasteiger partial charge in [0.15, 0.2) is 11.5 Å². The van der Waals surface area contributed by atoms with Crippen LogP contribution in [0.2, 0.25) is 0 Å². The summed E-state index contributed by atoms with van der Waals surface area (Å²) in [6, 6.07) is 9.34. The van der Waals surface area contributed by atoms with Crippen LogP contribution in [0.3, 0.4) is 0 Å². The molecule has 0 bridgehead atoms. The van der Waals surface area contributed by atoms with E-state index < -0.39 is 0 Å². The summed E-state index contributed by atoms with van der Waals surface area (Å²) in [6.07, 6.45) is 1.69. The third-order valence-electron chi connectivity index (χ3n) is 6.37. The number of pyridine rings is 2. The maximum absolute atomic E-state index is 12.8. The molecule has 4 heterocycles. The van der Waals surface area contributed by atoms with E-state index in [4.69, 9.17) is 26.4 Å². The van der Waals surface area contributed by atoms with Gasteiger partial charge in [-0.25, -0.2) is 4.98 Å². The van der Waals surface area contributed by atoms with E-state index in [9.17, 15) is 4.79 Å². The van der Waals surface area contributed by atoms with E-state index in [2.05, 4.69) is 14.7 Å². The van der Waals surface area contributed by atoms with Gasteiger partial charge in [-0.2, -0.15) is 0 Å². The lowest BCUT2D eigenvalue weighted by atomic mass is 9.96. The van der Waals surface area contributed by atoms with E-state index in [1.165, 1.54) is 4.57 Å². The highest BCUT2D eigenvalue weighted by Crippen LogP contribution is 2.36. The SMILES string of the molecule is [C-]#[N+]c1nc2c(N3CCC(c4nc5cc(C)ccc5o4)CC3)cc(=O)n(C)c2cc1OCCN. The third kappa shape index (κ3) is 3.86. The Bertz CT molecular complexity index is 1470. The van der Waals surface area contributed by atoms with Gasteiger partial charge in [0.1, 0.15) is 11.3 Å². The van der Waals surface area contributed by atoms with Gasteiger partial charge in [-0.05, 0) is 43.5 Å². The zero-order valence-electron chi connectivity index (χ0n) is 19.2. The number of aryl methyl sites for hydroxylation is 2. The van der Waals surface area contributed by atoms with Crippen LogP contribution in [-0.2, 0) is 7.05 Å². The molecular weight excluding hydrogens is 432 g/mol. The Morgan fingerprint density at radius 2 is 2.03 bits per heavy atom. The molecule has 0 atom stereocenters. The highest BCUT2D eigenvalue weighted by Gasteiger charge is 2.28. The normalized spacial score (nSPS) is 14.6. The first-order chi connectivity index (χ1) is 16.5. The van der Waals surface area contributed by atoms with Gasteiger partial charge in [0.05, 0.1) is 17.8 Å². The summed E-state index contributed by atoms with van der Waals surface area (Å²) in [5.41, 5.74) is 10.2. The lowest BCUT2D eigenvalue weighted by Gasteiger charge is -2.32. The molecule has 0 unspecified atom stereocenters. The maximum Gasteiger partial charge on any atom is 0.312 e. The highest BCUT2D eigenvalue weighted by atomic mass is 16.5. The first-order valence-corrected chi connectivity index (χ1v) is 11.4. The molecule has 9 nitrogen and oxygen atoms in total. The average molecular weight is 459 g/mol. The summed E-state index contributed by atoms with van der Waals surface area (Å²) in [7, 11) is 1.70. The molecule has 0 saturated carbocycles. The van der Waals surface area contributed by atoms with Crippen molar-refractivity contribution in [2.45, 2.75) is 25.7 Å². The number of aromatic nitrogens is 3. The number of anilines is 1. The minimum atomic E-state index is -0.138. The Hall–Kier alpha value is -3.90. The largest absolute Gasteiger partial charge is 0.501 e. The summed E-state index contributed by atoms with van der Waals surface area (Å²) in [4.78, 5) is 27.8. The van der Waals surface area contributed by atoms with Crippen LogP contribution in [0.4, 0.5) is 11.5 Å². The van der Waals surface area contributed by atoms with Gasteiger partial charge in [0.25, 0.3) is 5.56 Å². The van der Waals surface area contributed by atoms with Gasteiger partial charge >= 0.3 is 5.82 Å². The summed E-state index contributed by atoms with van der Waals surface area (Å²) < 4.78 is 13.2. The molecule has 5 rings (SSSR count). The topological polar surface area (TPSA) is 104 Å². The summed E-state index contributed by atoms with van der Waals surface area (Å²) >= 11 is 0. The number of nitrogens with zero attached hydrogens (tertiary/aromatic N) is 5. The molecule has 1 aliphatic rings. The molecule has 1 aromatic carbocycles. The number of nitrogens with two attached hydrogens (primary N) is 1. The van der Waals surface area contributed by atoms with Crippen LogP contribution in [0.5, 0.6) is 5.75 Å². The highest BCUT2D eigenvalue weighted by molar-refractivity contribution is 5.91. The fraction of sp³-hybridized carbons (Fsp3) is 0.360. The summed E-state index contributed by atoms with van der Waals surface area (Å²) in [5, 5.41) is 0. The van der Waals surface area contributed by atoms with Gasteiger partial charge in [-0.1, -0.05) is 12.6 Å². The van der Waals surface area contributed by atoms with Crippen LogP contribution in [0.15, 0.2) is 39.5 Å². The number of hydrogen-bond acceptors (Lipinski definition) is 7. The molecule has 0 spiro atoms. The number of oxazole rings is 1. The van der Waals surface area contributed by atoms with Crippen molar-refractivity contribution in [1.29, 1.82) is 0 Å². The lowest BCUT2D eigenvalue weighted by Crippen LogP contribution is -2.34. The molecule has 1 aliphatic heterocycles. The molecule has 1 saturated heterocycles. The number of ether oxygens (including phenoxy) is 1. The van der Waals surface area contributed by atoms with E-state index in [1.807, 2.05) is 25.1 Å². The molecule has 0 aliphatic carbocycles. The molecule has 2 N–H and O–H groups in total. The second-order valence-corrected chi connectivity index (χ2v) is 8.64. The van der Waals surface area contributed by atoms with Crippen molar-refractivity contribution in [3.05, 3.63) is 63.6 Å². The quantitative estimate of drug-likeness (QED) is 0.455. The molecule has 1 fully saturated rings. The van der Waals surface area contributed by atoms with Crippen molar-refractivity contribution in [1.82, 2.24) is 14.5 Å². The minimum Gasteiger partial charge on any atom is -0.501 e. The first kappa shape index (κ1) is 21.9. The van der Waals surface area contributed by atoms with Gasteiger partial charge in [0.2, 0.25) is 5.52 Å². The van der Waals surface area contributed by atoms with Crippen molar-refractivity contribution in [2.24, 2.45) is 12.8 Å². The van der Waals surface area contributed by atoms with Gasteiger partial charge in [-0.3, -0.25) is 4.79 Å². The van der Waals surface area contributed by atoms with Crippen molar-refractivity contribution in [3.8, 4) is 5.75 Å². The minimum absolute atomic E-state index is 0.138. The van der Waals surface area contributed by atoms with Gasteiger partial charge in [0, 0.05) is 38.7 Å². The second-order valence-electron chi connectivity index (χ2n) is 8.64. The predicted octanol–water partition coefficient (Wildman–Crippen LogP) is 3.66. The van der Waals surface area contributed by atoms with Gasteiger partial charge < -0.3 is 29.2 Å². The predicted molar refractivity (Wildman–Crippen MR) is 131 cm³/mol. The number of benzene rings is 1. The molecule has 9 heteroatoms. The van der Waals surface area contributed by atoms with Crippen molar-refractivity contribution in [3.63, 3.8) is 0 Å². The fourth-order valence-corrected chi connectivity index (χ4v) is 4.51. The van der Waals surface area contributed by atoms with Crippen molar-refractivity contribution < 1.29 is 9.15 Å². The number of rotatable bonds is 5. The monoisotopic (exact) mass is 458 g/mol. The Balaban J connectivity index is 1.45. The fourth-order valence-electron chi connectivity index (χ4n) is 4.51. The van der Waals surface area contributed by atoms with Crippen molar-refractivity contribution in [2.75, 3.05) is 31.1 Å². The number of fused-ring (bicyclic) bond motifs is 2. The lowest BCUT2D eigenvalue weighted by molar-refractivity contribution is 0.330. The molecule has 34 heavy (non-hydrogen) atoms. The van der Waals surface area contributed by atoms with Crippen LogP contribution in [0.1, 0.15) is 30.2 Å². The Morgan fingerprint density at radius 1 is 1.24 bits per heavy atom. The average Bonchev–Trinajstić information content (AvgIpc) is 3.28. The smallest absolute Gasteiger partial charge is 0.312 e. The molecule has 174 valence electrons.